The minimum atomic E-state index is -3.97. The molecule has 1 unspecified atom stereocenters. The number of benzene rings is 1. The van der Waals surface area contributed by atoms with Crippen molar-refractivity contribution < 1.29 is 26.0 Å². The van der Waals surface area contributed by atoms with E-state index in [1.54, 1.807) is 0 Å². The van der Waals surface area contributed by atoms with Gasteiger partial charge < -0.3 is 4.74 Å². The summed E-state index contributed by atoms with van der Waals surface area (Å²) in [6.45, 7) is 0. The van der Waals surface area contributed by atoms with Crippen molar-refractivity contribution >= 4 is 19.9 Å². The zero-order valence-corrected chi connectivity index (χ0v) is 14.7. The third-order valence-corrected chi connectivity index (χ3v) is 7.65. The number of ether oxygens (including phenoxy) is 1. The fourth-order valence-corrected chi connectivity index (χ4v) is 6.17. The summed E-state index contributed by atoms with van der Waals surface area (Å²) in [5.74, 6) is -0.951. The summed E-state index contributed by atoms with van der Waals surface area (Å²) in [5.41, 5.74) is 0. The van der Waals surface area contributed by atoms with E-state index in [1.165, 1.54) is 12.1 Å². The summed E-state index contributed by atoms with van der Waals surface area (Å²) >= 11 is 0. The Balaban J connectivity index is 1.72. The molecule has 1 aliphatic heterocycles. The summed E-state index contributed by atoms with van der Waals surface area (Å²) in [5, 5.41) is 0. The Morgan fingerprint density at radius 1 is 1.17 bits per heavy atom. The van der Waals surface area contributed by atoms with Gasteiger partial charge in [0.1, 0.15) is 0 Å². The van der Waals surface area contributed by atoms with Crippen molar-refractivity contribution in [2.75, 3.05) is 11.5 Å². The van der Waals surface area contributed by atoms with Crippen molar-refractivity contribution in [3.63, 3.8) is 0 Å². The van der Waals surface area contributed by atoms with Crippen LogP contribution in [0, 0.1) is 5.82 Å². The van der Waals surface area contributed by atoms with Gasteiger partial charge in [-0.2, -0.15) is 0 Å². The lowest BCUT2D eigenvalue weighted by molar-refractivity contribution is 0.200. The van der Waals surface area contributed by atoms with E-state index < -0.39 is 31.7 Å². The number of hydrogen-bond donors (Lipinski definition) is 1. The molecule has 1 N–H and O–H groups in total. The van der Waals surface area contributed by atoms with Gasteiger partial charge >= 0.3 is 0 Å². The van der Waals surface area contributed by atoms with Crippen LogP contribution in [0.25, 0.3) is 0 Å². The van der Waals surface area contributed by atoms with E-state index in [2.05, 4.69) is 4.72 Å². The fourth-order valence-electron chi connectivity index (χ4n) is 3.11. The first-order chi connectivity index (χ1) is 11.3. The molecule has 1 heterocycles. The Hall–Kier alpha value is -1.19. The molecule has 134 valence electrons. The largest absolute Gasteiger partial charge is 0.487 e. The van der Waals surface area contributed by atoms with Gasteiger partial charge in [-0.05, 0) is 50.3 Å². The molecule has 1 saturated heterocycles. The van der Waals surface area contributed by atoms with E-state index >= 15 is 0 Å². The third kappa shape index (κ3) is 4.07. The second kappa shape index (κ2) is 6.61. The highest BCUT2D eigenvalue weighted by Crippen LogP contribution is 2.27. The maximum Gasteiger partial charge on any atom is 0.240 e. The van der Waals surface area contributed by atoms with E-state index in [0.717, 1.165) is 31.7 Å². The van der Waals surface area contributed by atoms with Crippen LogP contribution in [0.1, 0.15) is 32.1 Å². The molecule has 1 aromatic carbocycles. The van der Waals surface area contributed by atoms with Crippen molar-refractivity contribution in [2.24, 2.45) is 0 Å². The minimum absolute atomic E-state index is 0.0243. The lowest BCUT2D eigenvalue weighted by atomic mass is 10.3. The molecule has 2 aliphatic rings. The molecule has 0 bridgehead atoms. The average Bonchev–Trinajstić information content (AvgIpc) is 3.10. The number of sulfone groups is 1. The van der Waals surface area contributed by atoms with Crippen LogP contribution in [0.3, 0.4) is 0 Å². The predicted octanol–water partition coefficient (Wildman–Crippen LogP) is 1.61. The summed E-state index contributed by atoms with van der Waals surface area (Å²) in [7, 11) is -7.17. The third-order valence-electron chi connectivity index (χ3n) is 4.36. The molecule has 0 spiro atoms. The Labute approximate surface area is 141 Å². The lowest BCUT2D eigenvalue weighted by Crippen LogP contribution is -2.35. The summed E-state index contributed by atoms with van der Waals surface area (Å²) in [6, 6.07) is 2.83. The minimum Gasteiger partial charge on any atom is -0.487 e. The Morgan fingerprint density at radius 3 is 2.46 bits per heavy atom. The normalized spacial score (nSPS) is 24.3. The maximum atomic E-state index is 14.2. The van der Waals surface area contributed by atoms with E-state index in [0.29, 0.717) is 0 Å². The molecule has 3 rings (SSSR count). The first-order valence-electron chi connectivity index (χ1n) is 7.94. The molecule has 1 aromatic rings. The van der Waals surface area contributed by atoms with E-state index in [4.69, 9.17) is 4.74 Å². The Morgan fingerprint density at radius 2 is 1.88 bits per heavy atom. The van der Waals surface area contributed by atoms with Crippen molar-refractivity contribution in [2.45, 2.75) is 49.1 Å². The molecule has 0 aromatic heterocycles. The lowest BCUT2D eigenvalue weighted by Gasteiger charge is -2.15. The zero-order valence-electron chi connectivity index (χ0n) is 13.1. The number of hydrogen-bond acceptors (Lipinski definition) is 5. The monoisotopic (exact) mass is 377 g/mol. The topological polar surface area (TPSA) is 89.5 Å². The van der Waals surface area contributed by atoms with Gasteiger partial charge in [0.25, 0.3) is 0 Å². The van der Waals surface area contributed by atoms with Gasteiger partial charge in [-0.1, -0.05) is 0 Å². The van der Waals surface area contributed by atoms with Crippen LogP contribution in [0.4, 0.5) is 4.39 Å². The van der Waals surface area contributed by atoms with E-state index in [-0.39, 0.29) is 34.7 Å². The standard InChI is InChI=1S/C15H20FNO5S2/c16-14-9-13(5-6-15(14)22-12-3-1-2-4-12)24(20,21)17-11-7-8-23(18,19)10-11/h5-6,9,11-12,17H,1-4,7-8,10H2. The van der Waals surface area contributed by atoms with Crippen LogP contribution in [0.2, 0.25) is 0 Å². The number of halogens is 1. The highest BCUT2D eigenvalue weighted by molar-refractivity contribution is 7.92. The molecule has 9 heteroatoms. The fraction of sp³-hybridized carbons (Fsp3) is 0.600. The average molecular weight is 377 g/mol. The number of nitrogens with one attached hydrogen (secondary N) is 1. The van der Waals surface area contributed by atoms with Crippen LogP contribution >= 0.6 is 0 Å². The van der Waals surface area contributed by atoms with Crippen molar-refractivity contribution in [1.82, 2.24) is 4.72 Å². The molecule has 1 atom stereocenters. The quantitative estimate of drug-likeness (QED) is 0.842. The van der Waals surface area contributed by atoms with Crippen molar-refractivity contribution in [1.29, 1.82) is 0 Å². The molecular formula is C15H20FNO5S2. The van der Waals surface area contributed by atoms with E-state index in [1.807, 2.05) is 0 Å². The Bertz CT molecular complexity index is 816. The van der Waals surface area contributed by atoms with Gasteiger partial charge in [0, 0.05) is 6.04 Å². The zero-order chi connectivity index (χ0) is 17.4. The van der Waals surface area contributed by atoms with Crippen LogP contribution in [-0.2, 0) is 19.9 Å². The first kappa shape index (κ1) is 17.6. The van der Waals surface area contributed by atoms with Crippen LogP contribution in [0.15, 0.2) is 23.1 Å². The molecule has 1 aliphatic carbocycles. The number of rotatable bonds is 5. The van der Waals surface area contributed by atoms with Crippen LogP contribution in [0.5, 0.6) is 5.75 Å². The second-order valence-corrected chi connectivity index (χ2v) is 10.3. The molecule has 2 fully saturated rings. The highest BCUT2D eigenvalue weighted by Gasteiger charge is 2.31. The van der Waals surface area contributed by atoms with Gasteiger partial charge in [0.15, 0.2) is 21.4 Å². The predicted molar refractivity (Wildman–Crippen MR) is 86.7 cm³/mol. The van der Waals surface area contributed by atoms with Crippen molar-refractivity contribution in [3.8, 4) is 5.75 Å². The molecule has 6 nitrogen and oxygen atoms in total. The van der Waals surface area contributed by atoms with Gasteiger partial charge in [-0.25, -0.2) is 25.9 Å². The molecule has 24 heavy (non-hydrogen) atoms. The first-order valence-corrected chi connectivity index (χ1v) is 11.2. The number of sulfonamides is 1. The van der Waals surface area contributed by atoms with E-state index in [9.17, 15) is 21.2 Å². The molecule has 1 saturated carbocycles. The van der Waals surface area contributed by atoms with Gasteiger partial charge in [0.05, 0.1) is 22.5 Å². The molecule has 0 amide bonds. The smallest absolute Gasteiger partial charge is 0.240 e. The van der Waals surface area contributed by atoms with Crippen molar-refractivity contribution in [3.05, 3.63) is 24.0 Å². The SMILES string of the molecule is O=S1(=O)CCC(NS(=O)(=O)c2ccc(OC3CCCC3)c(F)c2)C1. The van der Waals surface area contributed by atoms with Gasteiger partial charge in [-0.15, -0.1) is 0 Å². The maximum absolute atomic E-state index is 14.2. The molecule has 0 radical (unpaired) electrons. The second-order valence-electron chi connectivity index (χ2n) is 6.34. The highest BCUT2D eigenvalue weighted by atomic mass is 32.2. The Kier molecular flexibility index (Phi) is 4.85. The molecular weight excluding hydrogens is 357 g/mol. The van der Waals surface area contributed by atoms with Gasteiger partial charge in [-0.3, -0.25) is 0 Å². The summed E-state index contributed by atoms with van der Waals surface area (Å²) in [6.07, 6.45) is 4.05. The van der Waals surface area contributed by atoms with Crippen LogP contribution in [-0.4, -0.2) is 40.5 Å². The van der Waals surface area contributed by atoms with Gasteiger partial charge in [0.2, 0.25) is 10.0 Å². The van der Waals surface area contributed by atoms with Crippen LogP contribution < -0.4 is 9.46 Å². The summed E-state index contributed by atoms with van der Waals surface area (Å²) in [4.78, 5) is -0.233. The summed E-state index contributed by atoms with van der Waals surface area (Å²) < 4.78 is 69.5.